The number of halogens is 2. The molecular formula is C12H19F2NO2. The molecule has 0 aromatic rings. The van der Waals surface area contributed by atoms with Crippen LogP contribution in [-0.4, -0.2) is 24.0 Å². The lowest BCUT2D eigenvalue weighted by Crippen LogP contribution is -2.38. The van der Waals surface area contributed by atoms with Crippen LogP contribution in [0.4, 0.5) is 8.78 Å². The Hall–Kier alpha value is -0.970. The molecule has 0 spiro atoms. The van der Waals surface area contributed by atoms with Crippen molar-refractivity contribution in [2.24, 2.45) is 11.7 Å². The van der Waals surface area contributed by atoms with E-state index in [1.807, 2.05) is 0 Å². The van der Waals surface area contributed by atoms with Gasteiger partial charge in [-0.25, -0.2) is 8.78 Å². The molecule has 2 atom stereocenters. The number of allylic oxidation sites excluding steroid dienone is 1. The van der Waals surface area contributed by atoms with E-state index in [-0.39, 0.29) is 32.3 Å². The van der Waals surface area contributed by atoms with Gasteiger partial charge in [0.05, 0.1) is 6.61 Å². The van der Waals surface area contributed by atoms with Crippen LogP contribution in [0, 0.1) is 5.92 Å². The van der Waals surface area contributed by atoms with Gasteiger partial charge in [-0.2, -0.15) is 0 Å². The average Bonchev–Trinajstić information content (AvgIpc) is 2.87. The molecule has 17 heavy (non-hydrogen) atoms. The average molecular weight is 247 g/mol. The van der Waals surface area contributed by atoms with E-state index in [9.17, 15) is 13.6 Å². The number of ether oxygens (including phenoxy) is 1. The van der Waals surface area contributed by atoms with Crippen molar-refractivity contribution in [3.63, 3.8) is 0 Å². The number of carbonyl (C=O) groups excluding carboxylic acids is 1. The smallest absolute Gasteiger partial charge is 0.326 e. The first kappa shape index (κ1) is 14.1. The van der Waals surface area contributed by atoms with Gasteiger partial charge in [-0.3, -0.25) is 4.79 Å². The van der Waals surface area contributed by atoms with Crippen LogP contribution in [0.2, 0.25) is 0 Å². The summed E-state index contributed by atoms with van der Waals surface area (Å²) in [7, 11) is 0. The predicted molar refractivity (Wildman–Crippen MR) is 60.7 cm³/mol. The first-order valence-corrected chi connectivity index (χ1v) is 5.80. The molecule has 0 amide bonds. The molecule has 0 unspecified atom stereocenters. The maximum Gasteiger partial charge on any atom is 0.326 e. The summed E-state index contributed by atoms with van der Waals surface area (Å²) >= 11 is 0. The lowest BCUT2D eigenvalue weighted by atomic mass is 10.0. The van der Waals surface area contributed by atoms with Gasteiger partial charge in [0.2, 0.25) is 5.92 Å². The molecule has 1 aliphatic rings. The summed E-state index contributed by atoms with van der Waals surface area (Å²) in [6, 6.07) is 0. The molecule has 98 valence electrons. The zero-order valence-corrected chi connectivity index (χ0v) is 10.0. The van der Waals surface area contributed by atoms with Gasteiger partial charge in [0.15, 0.2) is 0 Å². The highest BCUT2D eigenvalue weighted by Gasteiger charge is 2.60. The lowest BCUT2D eigenvalue weighted by molar-refractivity contribution is -0.146. The van der Waals surface area contributed by atoms with Gasteiger partial charge < -0.3 is 10.5 Å². The van der Waals surface area contributed by atoms with Crippen LogP contribution in [0.1, 0.15) is 32.6 Å². The Kier molecular flexibility index (Phi) is 4.25. The first-order chi connectivity index (χ1) is 7.85. The molecule has 1 rings (SSSR count). The van der Waals surface area contributed by atoms with E-state index in [4.69, 9.17) is 10.5 Å². The van der Waals surface area contributed by atoms with E-state index in [2.05, 4.69) is 6.58 Å². The fourth-order valence-corrected chi connectivity index (χ4v) is 1.89. The maximum absolute atomic E-state index is 13.4. The lowest BCUT2D eigenvalue weighted by Gasteiger charge is -2.17. The number of esters is 1. The fourth-order valence-electron chi connectivity index (χ4n) is 1.89. The molecular weight excluding hydrogens is 228 g/mol. The van der Waals surface area contributed by atoms with Crippen molar-refractivity contribution < 1.29 is 18.3 Å². The normalized spacial score (nSPS) is 27.6. The predicted octanol–water partition coefficient (Wildman–Crippen LogP) is 2.26. The van der Waals surface area contributed by atoms with E-state index in [1.54, 1.807) is 6.92 Å². The zero-order chi connectivity index (χ0) is 13.1. The highest BCUT2D eigenvalue weighted by atomic mass is 19.3. The molecule has 0 bridgehead atoms. The highest BCUT2D eigenvalue weighted by molar-refractivity contribution is 5.84. The molecule has 5 heteroatoms. The second-order valence-electron chi connectivity index (χ2n) is 4.55. The third-order valence-corrected chi connectivity index (χ3v) is 3.07. The molecule has 0 heterocycles. The number of hydrogen-bond acceptors (Lipinski definition) is 3. The van der Waals surface area contributed by atoms with E-state index in [0.29, 0.717) is 0 Å². The number of rotatable bonds is 7. The molecule has 0 aliphatic heterocycles. The summed E-state index contributed by atoms with van der Waals surface area (Å²) in [6.07, 6.45) is 1.41. The van der Waals surface area contributed by atoms with Gasteiger partial charge in [-0.05, 0) is 25.7 Å². The quantitative estimate of drug-likeness (QED) is 0.554. The van der Waals surface area contributed by atoms with Crippen molar-refractivity contribution in [2.75, 3.05) is 6.61 Å². The Balaban J connectivity index is 2.45. The summed E-state index contributed by atoms with van der Waals surface area (Å²) < 4.78 is 31.6. The summed E-state index contributed by atoms with van der Waals surface area (Å²) in [5.41, 5.74) is 4.54. The summed E-state index contributed by atoms with van der Waals surface area (Å²) in [6.45, 7) is 5.29. The third kappa shape index (κ3) is 3.49. The SMILES string of the molecule is C=CCCC(F)(F)C[C@@H]1C[C@]1(N)C(=O)OCC. The minimum Gasteiger partial charge on any atom is -0.465 e. The largest absolute Gasteiger partial charge is 0.465 e. The topological polar surface area (TPSA) is 52.3 Å². The summed E-state index contributed by atoms with van der Waals surface area (Å²) in [5.74, 6) is -3.82. The monoisotopic (exact) mass is 247 g/mol. The fraction of sp³-hybridized carbons (Fsp3) is 0.750. The van der Waals surface area contributed by atoms with Crippen LogP contribution in [0.15, 0.2) is 12.7 Å². The van der Waals surface area contributed by atoms with Gasteiger partial charge in [-0.15, -0.1) is 6.58 Å². The third-order valence-electron chi connectivity index (χ3n) is 3.07. The minimum atomic E-state index is -2.79. The molecule has 0 saturated heterocycles. The molecule has 2 N–H and O–H groups in total. The molecule has 0 radical (unpaired) electrons. The van der Waals surface area contributed by atoms with Gasteiger partial charge in [0.1, 0.15) is 5.54 Å². The van der Waals surface area contributed by atoms with Crippen LogP contribution in [-0.2, 0) is 9.53 Å². The summed E-state index contributed by atoms with van der Waals surface area (Å²) in [4.78, 5) is 11.4. The second kappa shape index (κ2) is 5.12. The van der Waals surface area contributed by atoms with Crippen molar-refractivity contribution in [3.8, 4) is 0 Å². The van der Waals surface area contributed by atoms with Crippen molar-refractivity contribution in [3.05, 3.63) is 12.7 Å². The molecule has 3 nitrogen and oxygen atoms in total. The van der Waals surface area contributed by atoms with Gasteiger partial charge in [-0.1, -0.05) is 6.08 Å². The Morgan fingerprint density at radius 2 is 2.35 bits per heavy atom. The number of hydrogen-bond donors (Lipinski definition) is 1. The first-order valence-electron chi connectivity index (χ1n) is 5.80. The van der Waals surface area contributed by atoms with Crippen LogP contribution >= 0.6 is 0 Å². The van der Waals surface area contributed by atoms with Crippen LogP contribution in [0.25, 0.3) is 0 Å². The van der Waals surface area contributed by atoms with Gasteiger partial charge in [0, 0.05) is 12.8 Å². The minimum absolute atomic E-state index is 0.220. The summed E-state index contributed by atoms with van der Waals surface area (Å²) in [5, 5.41) is 0. The van der Waals surface area contributed by atoms with E-state index in [1.165, 1.54) is 6.08 Å². The number of alkyl halides is 2. The molecule has 1 fully saturated rings. The van der Waals surface area contributed by atoms with Crippen molar-refractivity contribution in [1.82, 2.24) is 0 Å². The van der Waals surface area contributed by atoms with Crippen LogP contribution in [0.3, 0.4) is 0 Å². The van der Waals surface area contributed by atoms with Crippen molar-refractivity contribution >= 4 is 5.97 Å². The Bertz CT molecular complexity index is 307. The standard InChI is InChI=1S/C12H19F2NO2/c1-3-5-6-11(13,14)7-9-8-12(9,15)10(16)17-4-2/h3,9H,1,4-8,15H2,2H3/t9-,12-/m1/s1. The van der Waals surface area contributed by atoms with Crippen molar-refractivity contribution in [2.45, 2.75) is 44.1 Å². The van der Waals surface area contributed by atoms with E-state index in [0.717, 1.165) is 0 Å². The number of nitrogens with two attached hydrogens (primary N) is 1. The number of carbonyl (C=O) groups is 1. The van der Waals surface area contributed by atoms with Crippen molar-refractivity contribution in [1.29, 1.82) is 0 Å². The van der Waals surface area contributed by atoms with Gasteiger partial charge in [0.25, 0.3) is 0 Å². The molecule has 1 aliphatic carbocycles. The van der Waals surface area contributed by atoms with E-state index < -0.39 is 23.3 Å². The molecule has 0 aromatic heterocycles. The Labute approximate surface area is 100 Å². The van der Waals surface area contributed by atoms with E-state index >= 15 is 0 Å². The van der Waals surface area contributed by atoms with Gasteiger partial charge >= 0.3 is 5.97 Å². The second-order valence-corrected chi connectivity index (χ2v) is 4.55. The Morgan fingerprint density at radius 1 is 1.71 bits per heavy atom. The Morgan fingerprint density at radius 3 is 2.88 bits per heavy atom. The van der Waals surface area contributed by atoms with Crippen LogP contribution < -0.4 is 5.73 Å². The van der Waals surface area contributed by atoms with Crippen LogP contribution in [0.5, 0.6) is 0 Å². The molecule has 1 saturated carbocycles. The zero-order valence-electron chi connectivity index (χ0n) is 10.0. The maximum atomic E-state index is 13.4. The molecule has 0 aromatic carbocycles. The highest BCUT2D eigenvalue weighted by Crippen LogP contribution is 2.48.